The van der Waals surface area contributed by atoms with E-state index in [1.54, 1.807) is 0 Å². The molecule has 0 spiro atoms. The van der Waals surface area contributed by atoms with Crippen LogP contribution in [0, 0.1) is 0 Å². The normalized spacial score (nSPS) is 12.7. The van der Waals surface area contributed by atoms with Crippen LogP contribution in [0.1, 0.15) is 63.6 Å². The zero-order chi connectivity index (χ0) is 19.0. The number of phenolic OH excluding ortho intramolecular Hbond substituents is 3. The van der Waals surface area contributed by atoms with Crippen molar-refractivity contribution in [3.8, 4) is 17.2 Å². The van der Waals surface area contributed by atoms with E-state index in [4.69, 9.17) is 0 Å². The van der Waals surface area contributed by atoms with Gasteiger partial charge in [0.15, 0.2) is 11.6 Å². The van der Waals surface area contributed by atoms with Gasteiger partial charge in [-0.15, -0.1) is 0 Å². The number of Topliss-reactive ketones (excluding diaryl/α,β-unsaturated/α-hetero) is 1. The standard InChI is InChI=1S/C20H18O6/c1-2-3-4-11(21)7-10-8-12(22)9-13-16(10)20(26)18-15(24)6-5-14(23)17(18)19(13)25/h5-6,8-9,22-24H,2-4,7H2,1H3. The van der Waals surface area contributed by atoms with Crippen molar-refractivity contribution in [1.29, 1.82) is 0 Å². The fourth-order valence-corrected chi connectivity index (χ4v) is 3.25. The van der Waals surface area contributed by atoms with Crippen LogP contribution >= 0.6 is 0 Å². The third kappa shape index (κ3) is 2.83. The summed E-state index contributed by atoms with van der Waals surface area (Å²) in [5.74, 6) is -2.52. The SMILES string of the molecule is CCCCC(=O)Cc1cc(O)cc2c1C(=O)c1c(O)ccc(O)c1C2=O. The molecule has 0 aromatic heterocycles. The molecule has 3 N–H and O–H groups in total. The molecule has 0 radical (unpaired) electrons. The van der Waals surface area contributed by atoms with Gasteiger partial charge in [-0.2, -0.15) is 0 Å². The first-order valence-corrected chi connectivity index (χ1v) is 8.37. The van der Waals surface area contributed by atoms with Crippen molar-refractivity contribution in [2.75, 3.05) is 0 Å². The van der Waals surface area contributed by atoms with Gasteiger partial charge in [0.25, 0.3) is 0 Å². The topological polar surface area (TPSA) is 112 Å². The lowest BCUT2D eigenvalue weighted by atomic mass is 9.80. The molecule has 0 fully saturated rings. The molecule has 1 aliphatic rings. The molecule has 1 aliphatic carbocycles. The van der Waals surface area contributed by atoms with Crippen LogP contribution in [0.15, 0.2) is 24.3 Å². The monoisotopic (exact) mass is 354 g/mol. The second-order valence-electron chi connectivity index (χ2n) is 6.36. The largest absolute Gasteiger partial charge is 0.508 e. The number of unbranched alkanes of at least 4 members (excludes halogenated alkanes) is 1. The van der Waals surface area contributed by atoms with Crippen molar-refractivity contribution in [1.82, 2.24) is 0 Å². The summed E-state index contributed by atoms with van der Waals surface area (Å²) >= 11 is 0. The maximum absolute atomic E-state index is 12.9. The molecule has 3 rings (SSSR count). The summed E-state index contributed by atoms with van der Waals surface area (Å²) in [6.07, 6.45) is 1.81. The smallest absolute Gasteiger partial charge is 0.198 e. The van der Waals surface area contributed by atoms with Crippen molar-refractivity contribution in [3.63, 3.8) is 0 Å². The van der Waals surface area contributed by atoms with E-state index >= 15 is 0 Å². The molecule has 2 aromatic carbocycles. The highest BCUT2D eigenvalue weighted by molar-refractivity contribution is 6.31. The summed E-state index contributed by atoms with van der Waals surface area (Å²) in [4.78, 5) is 37.9. The minimum absolute atomic E-state index is 0.00829. The first kappa shape index (κ1) is 17.7. The minimum Gasteiger partial charge on any atom is -0.508 e. The molecule has 0 aliphatic heterocycles. The zero-order valence-electron chi connectivity index (χ0n) is 14.2. The quantitative estimate of drug-likeness (QED) is 0.608. The van der Waals surface area contributed by atoms with Crippen molar-refractivity contribution >= 4 is 17.3 Å². The average molecular weight is 354 g/mol. The Bertz CT molecular complexity index is 942. The number of benzene rings is 2. The van der Waals surface area contributed by atoms with E-state index in [2.05, 4.69) is 0 Å². The molecule has 6 heteroatoms. The predicted molar refractivity (Wildman–Crippen MR) is 93.0 cm³/mol. The first-order chi connectivity index (χ1) is 12.3. The van der Waals surface area contributed by atoms with Gasteiger partial charge in [-0.25, -0.2) is 0 Å². The van der Waals surface area contributed by atoms with Crippen molar-refractivity contribution in [3.05, 3.63) is 52.1 Å². The van der Waals surface area contributed by atoms with E-state index in [0.717, 1.165) is 24.6 Å². The van der Waals surface area contributed by atoms with Gasteiger partial charge < -0.3 is 15.3 Å². The lowest BCUT2D eigenvalue weighted by molar-refractivity contribution is -0.118. The highest BCUT2D eigenvalue weighted by Crippen LogP contribution is 2.39. The molecule has 6 nitrogen and oxygen atoms in total. The van der Waals surface area contributed by atoms with Crippen LogP contribution in [0.25, 0.3) is 0 Å². The van der Waals surface area contributed by atoms with Crippen LogP contribution in [0.4, 0.5) is 0 Å². The van der Waals surface area contributed by atoms with Crippen molar-refractivity contribution in [2.24, 2.45) is 0 Å². The van der Waals surface area contributed by atoms with Gasteiger partial charge in [0, 0.05) is 24.0 Å². The third-order valence-corrected chi connectivity index (χ3v) is 4.49. The average Bonchev–Trinajstić information content (AvgIpc) is 2.59. The lowest BCUT2D eigenvalue weighted by Gasteiger charge is -2.22. The number of hydrogen-bond donors (Lipinski definition) is 3. The van der Waals surface area contributed by atoms with E-state index in [1.165, 1.54) is 6.07 Å². The van der Waals surface area contributed by atoms with Crippen molar-refractivity contribution in [2.45, 2.75) is 32.6 Å². The molecular weight excluding hydrogens is 336 g/mol. The van der Waals surface area contributed by atoms with Gasteiger partial charge >= 0.3 is 0 Å². The summed E-state index contributed by atoms with van der Waals surface area (Å²) in [6, 6.07) is 4.69. The highest BCUT2D eigenvalue weighted by atomic mass is 16.3. The Kier molecular flexibility index (Phi) is 4.50. The van der Waals surface area contributed by atoms with Gasteiger partial charge in [-0.05, 0) is 36.2 Å². The Labute approximate surface area is 149 Å². The van der Waals surface area contributed by atoms with Crippen LogP contribution in [-0.4, -0.2) is 32.7 Å². The molecule has 0 amide bonds. The van der Waals surface area contributed by atoms with E-state index in [0.29, 0.717) is 12.8 Å². The Balaban J connectivity index is 2.16. The summed E-state index contributed by atoms with van der Waals surface area (Å²) in [6.45, 7) is 1.96. The molecular formula is C20H18O6. The minimum atomic E-state index is -0.679. The van der Waals surface area contributed by atoms with E-state index in [1.807, 2.05) is 6.92 Å². The second kappa shape index (κ2) is 6.63. The Morgan fingerprint density at radius 2 is 1.54 bits per heavy atom. The van der Waals surface area contributed by atoms with Gasteiger partial charge in [-0.3, -0.25) is 14.4 Å². The van der Waals surface area contributed by atoms with Crippen LogP contribution in [0.2, 0.25) is 0 Å². The van der Waals surface area contributed by atoms with Gasteiger partial charge in [0.05, 0.1) is 11.1 Å². The molecule has 0 atom stereocenters. The molecule has 0 heterocycles. The molecule has 0 unspecified atom stereocenters. The van der Waals surface area contributed by atoms with E-state index in [-0.39, 0.29) is 45.8 Å². The first-order valence-electron chi connectivity index (χ1n) is 8.37. The zero-order valence-corrected chi connectivity index (χ0v) is 14.2. The summed E-state index contributed by atoms with van der Waals surface area (Å²) in [7, 11) is 0. The number of ketones is 3. The fourth-order valence-electron chi connectivity index (χ4n) is 3.25. The second-order valence-corrected chi connectivity index (χ2v) is 6.36. The number of carbonyl (C=O) groups is 3. The molecule has 0 saturated heterocycles. The fraction of sp³-hybridized carbons (Fsp3) is 0.250. The number of aromatic hydroxyl groups is 3. The molecule has 2 aromatic rings. The third-order valence-electron chi connectivity index (χ3n) is 4.49. The molecule has 26 heavy (non-hydrogen) atoms. The number of phenols is 3. The van der Waals surface area contributed by atoms with Crippen LogP contribution in [0.3, 0.4) is 0 Å². The van der Waals surface area contributed by atoms with Crippen LogP contribution in [-0.2, 0) is 11.2 Å². The maximum atomic E-state index is 12.9. The molecule has 0 saturated carbocycles. The lowest BCUT2D eigenvalue weighted by Crippen LogP contribution is -2.23. The summed E-state index contributed by atoms with van der Waals surface area (Å²) < 4.78 is 0. The maximum Gasteiger partial charge on any atom is 0.198 e. The summed E-state index contributed by atoms with van der Waals surface area (Å²) in [5, 5.41) is 30.0. The Morgan fingerprint density at radius 1 is 0.923 bits per heavy atom. The van der Waals surface area contributed by atoms with E-state index < -0.39 is 23.1 Å². The van der Waals surface area contributed by atoms with Gasteiger partial charge in [-0.1, -0.05) is 13.3 Å². The molecule has 0 bridgehead atoms. The number of fused-ring (bicyclic) bond motifs is 2. The number of carbonyl (C=O) groups excluding carboxylic acids is 3. The Morgan fingerprint density at radius 3 is 2.15 bits per heavy atom. The van der Waals surface area contributed by atoms with Crippen LogP contribution in [0.5, 0.6) is 17.2 Å². The number of rotatable bonds is 5. The van der Waals surface area contributed by atoms with Gasteiger partial charge in [0.1, 0.15) is 23.0 Å². The van der Waals surface area contributed by atoms with Gasteiger partial charge in [0.2, 0.25) is 0 Å². The predicted octanol–water partition coefficient (Wildman–Crippen LogP) is 2.88. The van der Waals surface area contributed by atoms with Crippen LogP contribution < -0.4 is 0 Å². The summed E-state index contributed by atoms with van der Waals surface area (Å²) in [5.41, 5.74) is -0.424. The number of hydrogen-bond acceptors (Lipinski definition) is 6. The van der Waals surface area contributed by atoms with E-state index in [9.17, 15) is 29.7 Å². The highest BCUT2D eigenvalue weighted by Gasteiger charge is 2.36. The Hall–Kier alpha value is -3.15. The van der Waals surface area contributed by atoms with Crippen molar-refractivity contribution < 1.29 is 29.7 Å². The molecule has 134 valence electrons.